The average Bonchev–Trinajstić information content (AvgIpc) is 3.44. The maximum Gasteiger partial charge on any atom is 0.243 e. The number of nitrogens with zero attached hydrogens (tertiary/aromatic N) is 3. The van der Waals surface area contributed by atoms with Crippen LogP contribution in [0.3, 0.4) is 0 Å². The van der Waals surface area contributed by atoms with Crippen LogP contribution in [0.25, 0.3) is 11.1 Å². The monoisotopic (exact) mass is 534 g/mol. The molecule has 6 rings (SSSR count). The van der Waals surface area contributed by atoms with Gasteiger partial charge in [-0.15, -0.1) is 0 Å². The van der Waals surface area contributed by atoms with Crippen molar-refractivity contribution in [3.8, 4) is 11.1 Å². The molecule has 196 valence electrons. The minimum Gasteiger partial charge on any atom is -0.364 e. The van der Waals surface area contributed by atoms with Crippen LogP contribution in [-0.4, -0.2) is 35.3 Å². The van der Waals surface area contributed by atoms with Crippen LogP contribution in [0.5, 0.6) is 0 Å². The number of nitrogens with one attached hydrogen (secondary N) is 1. The van der Waals surface area contributed by atoms with Gasteiger partial charge in [-0.1, -0.05) is 84.9 Å². The van der Waals surface area contributed by atoms with Crippen molar-refractivity contribution in [1.29, 1.82) is 0 Å². The highest BCUT2D eigenvalue weighted by atomic mass is 32.2. The molecule has 0 radical (unpaired) electrons. The summed E-state index contributed by atoms with van der Waals surface area (Å²) in [6.07, 6.45) is 4.11. The van der Waals surface area contributed by atoms with Crippen LogP contribution in [-0.2, 0) is 29.5 Å². The normalized spacial score (nSPS) is 16.0. The Morgan fingerprint density at radius 3 is 2.21 bits per heavy atom. The second-order valence-electron chi connectivity index (χ2n) is 9.87. The molecule has 1 atom stereocenters. The lowest BCUT2D eigenvalue weighted by atomic mass is 10.0. The fourth-order valence-electron chi connectivity index (χ4n) is 5.36. The fraction of sp³-hybridized carbons (Fsp3) is 0.156. The zero-order valence-corrected chi connectivity index (χ0v) is 22.3. The van der Waals surface area contributed by atoms with Gasteiger partial charge in [0.05, 0.1) is 23.5 Å². The van der Waals surface area contributed by atoms with Gasteiger partial charge in [-0.05, 0) is 52.9 Å². The number of hydrogen-bond donors (Lipinski definition) is 1. The molecule has 0 saturated carbocycles. The smallest absolute Gasteiger partial charge is 0.243 e. The van der Waals surface area contributed by atoms with Crippen LogP contribution in [0, 0.1) is 0 Å². The number of aromatic amines is 1. The summed E-state index contributed by atoms with van der Waals surface area (Å²) in [5.41, 5.74) is 6.26. The highest BCUT2D eigenvalue weighted by molar-refractivity contribution is 7.89. The van der Waals surface area contributed by atoms with E-state index in [1.54, 1.807) is 34.9 Å². The number of aromatic nitrogens is 2. The summed E-state index contributed by atoms with van der Waals surface area (Å²) in [6, 6.07) is 35.2. The Morgan fingerprint density at radius 2 is 1.51 bits per heavy atom. The van der Waals surface area contributed by atoms with E-state index in [1.165, 1.54) is 0 Å². The zero-order valence-electron chi connectivity index (χ0n) is 21.5. The molecule has 0 saturated heterocycles. The predicted molar refractivity (Wildman–Crippen MR) is 155 cm³/mol. The van der Waals surface area contributed by atoms with Gasteiger partial charge in [0.1, 0.15) is 0 Å². The fourth-order valence-corrected chi connectivity index (χ4v) is 6.97. The Hall–Kier alpha value is -4.20. The van der Waals surface area contributed by atoms with Gasteiger partial charge in [0.2, 0.25) is 10.0 Å². The van der Waals surface area contributed by atoms with E-state index >= 15 is 0 Å². The standard InChI is InChI=1S/C32H30N4O2S/c37-39(38,31-14-8-3-9-15-31)36-21-28-19-27(26-12-6-2-7-13-26)16-17-32(28)35(22-29-20-33-24-34-29)23-30(36)18-25-10-4-1-5-11-25/h1-17,19-20,24,30H,18,21-23H2,(H,33,34). The maximum absolute atomic E-state index is 14.2. The lowest BCUT2D eigenvalue weighted by molar-refractivity contribution is 0.318. The molecule has 6 nitrogen and oxygen atoms in total. The Kier molecular flexibility index (Phi) is 7.00. The zero-order chi connectivity index (χ0) is 26.7. The molecule has 0 spiro atoms. The van der Waals surface area contributed by atoms with E-state index in [0.717, 1.165) is 33.6 Å². The molecule has 1 aliphatic heterocycles. The number of imidazole rings is 1. The molecule has 0 aliphatic carbocycles. The molecule has 4 aromatic carbocycles. The molecule has 0 fully saturated rings. The van der Waals surface area contributed by atoms with Gasteiger partial charge in [-0.25, -0.2) is 13.4 Å². The lowest BCUT2D eigenvalue weighted by Gasteiger charge is -2.32. The Balaban J connectivity index is 1.48. The third-order valence-electron chi connectivity index (χ3n) is 7.27. The van der Waals surface area contributed by atoms with Crippen molar-refractivity contribution in [3.63, 3.8) is 0 Å². The van der Waals surface area contributed by atoms with Crippen LogP contribution in [0.15, 0.2) is 127 Å². The number of anilines is 1. The largest absolute Gasteiger partial charge is 0.364 e. The molecule has 0 amide bonds. The first-order chi connectivity index (χ1) is 19.1. The van der Waals surface area contributed by atoms with E-state index in [0.29, 0.717) is 24.4 Å². The van der Waals surface area contributed by atoms with Crippen LogP contribution >= 0.6 is 0 Å². The van der Waals surface area contributed by atoms with Gasteiger partial charge < -0.3 is 9.88 Å². The van der Waals surface area contributed by atoms with Crippen molar-refractivity contribution in [2.75, 3.05) is 11.4 Å². The van der Waals surface area contributed by atoms with E-state index in [-0.39, 0.29) is 12.6 Å². The van der Waals surface area contributed by atoms with Crippen molar-refractivity contribution in [1.82, 2.24) is 14.3 Å². The minimum absolute atomic E-state index is 0.282. The summed E-state index contributed by atoms with van der Waals surface area (Å²) in [7, 11) is -3.77. The van der Waals surface area contributed by atoms with E-state index in [2.05, 4.69) is 57.3 Å². The van der Waals surface area contributed by atoms with Gasteiger partial charge in [-0.2, -0.15) is 4.31 Å². The van der Waals surface area contributed by atoms with Gasteiger partial charge in [0.15, 0.2) is 0 Å². The summed E-state index contributed by atoms with van der Waals surface area (Å²) in [5, 5.41) is 0. The van der Waals surface area contributed by atoms with E-state index in [4.69, 9.17) is 0 Å². The lowest BCUT2D eigenvalue weighted by Crippen LogP contribution is -2.45. The highest BCUT2D eigenvalue weighted by Crippen LogP contribution is 2.35. The first-order valence-corrected chi connectivity index (χ1v) is 14.5. The molecular weight excluding hydrogens is 504 g/mol. The topological polar surface area (TPSA) is 69.3 Å². The van der Waals surface area contributed by atoms with Crippen molar-refractivity contribution >= 4 is 15.7 Å². The summed E-state index contributed by atoms with van der Waals surface area (Å²) in [6.45, 7) is 1.42. The Morgan fingerprint density at radius 1 is 0.821 bits per heavy atom. The first kappa shape index (κ1) is 25.1. The quantitative estimate of drug-likeness (QED) is 0.282. The van der Waals surface area contributed by atoms with Gasteiger partial charge in [-0.3, -0.25) is 0 Å². The van der Waals surface area contributed by atoms with E-state index < -0.39 is 10.0 Å². The summed E-state index contributed by atoms with van der Waals surface area (Å²) < 4.78 is 30.1. The molecule has 1 unspecified atom stereocenters. The second-order valence-corrected chi connectivity index (χ2v) is 11.8. The number of fused-ring (bicyclic) bond motifs is 1. The van der Waals surface area contributed by atoms with Gasteiger partial charge in [0, 0.05) is 31.0 Å². The van der Waals surface area contributed by atoms with Gasteiger partial charge >= 0.3 is 0 Å². The molecule has 1 aromatic heterocycles. The summed E-state index contributed by atoms with van der Waals surface area (Å²) in [5.74, 6) is 0. The third-order valence-corrected chi connectivity index (χ3v) is 9.18. The predicted octanol–water partition coefficient (Wildman–Crippen LogP) is 5.90. The molecule has 0 bridgehead atoms. The van der Waals surface area contributed by atoms with Crippen LogP contribution in [0.2, 0.25) is 0 Å². The number of rotatable bonds is 7. The van der Waals surface area contributed by atoms with Crippen LogP contribution < -0.4 is 4.90 Å². The van der Waals surface area contributed by atoms with E-state index in [9.17, 15) is 8.42 Å². The molecule has 39 heavy (non-hydrogen) atoms. The Labute approximate surface area is 229 Å². The second kappa shape index (κ2) is 10.9. The van der Waals surface area contributed by atoms with Gasteiger partial charge in [0.25, 0.3) is 0 Å². The molecule has 7 heteroatoms. The molecule has 5 aromatic rings. The number of benzene rings is 4. The Bertz CT molecular complexity index is 1620. The number of sulfonamides is 1. The van der Waals surface area contributed by atoms with Crippen molar-refractivity contribution in [3.05, 3.63) is 139 Å². The molecule has 2 heterocycles. The van der Waals surface area contributed by atoms with Crippen molar-refractivity contribution in [2.24, 2.45) is 0 Å². The minimum atomic E-state index is -3.77. The molecule has 1 aliphatic rings. The van der Waals surface area contributed by atoms with Crippen molar-refractivity contribution in [2.45, 2.75) is 30.4 Å². The van der Waals surface area contributed by atoms with E-state index in [1.807, 2.05) is 48.7 Å². The molecule has 1 N–H and O–H groups in total. The number of H-pyrrole nitrogens is 1. The van der Waals surface area contributed by atoms with Crippen LogP contribution in [0.4, 0.5) is 5.69 Å². The van der Waals surface area contributed by atoms with Crippen molar-refractivity contribution < 1.29 is 8.42 Å². The van der Waals surface area contributed by atoms with Crippen LogP contribution in [0.1, 0.15) is 16.8 Å². The SMILES string of the molecule is O=S(=O)(c1ccccc1)N1Cc2cc(-c3ccccc3)ccc2N(Cc2cnc[nH]2)CC1Cc1ccccc1. The number of hydrogen-bond acceptors (Lipinski definition) is 4. The summed E-state index contributed by atoms with van der Waals surface area (Å²) >= 11 is 0. The molecular formula is C32H30N4O2S. The first-order valence-electron chi connectivity index (χ1n) is 13.1. The third kappa shape index (κ3) is 5.37. The average molecular weight is 535 g/mol. The highest BCUT2D eigenvalue weighted by Gasteiger charge is 2.36. The summed E-state index contributed by atoms with van der Waals surface area (Å²) in [4.78, 5) is 10.0. The maximum atomic E-state index is 14.2.